The van der Waals surface area contributed by atoms with Gasteiger partial charge in [0.15, 0.2) is 0 Å². The lowest BCUT2D eigenvalue weighted by molar-refractivity contribution is -0.207. The van der Waals surface area contributed by atoms with Crippen molar-refractivity contribution in [3.8, 4) is 11.6 Å². The molecule has 0 saturated carbocycles. The van der Waals surface area contributed by atoms with Crippen molar-refractivity contribution in [2.24, 2.45) is 0 Å². The highest BCUT2D eigenvalue weighted by atomic mass is 19.4. The van der Waals surface area contributed by atoms with Crippen LogP contribution in [-0.4, -0.2) is 9.55 Å². The largest absolute Gasteiger partial charge is 0.491 e. The van der Waals surface area contributed by atoms with E-state index < -0.39 is 29.3 Å². The summed E-state index contributed by atoms with van der Waals surface area (Å²) in [7, 11) is 0. The van der Waals surface area contributed by atoms with Gasteiger partial charge in [-0.05, 0) is 17.7 Å². The van der Waals surface area contributed by atoms with Gasteiger partial charge in [0.2, 0.25) is 5.88 Å². The average molecular weight is 394 g/mol. The fourth-order valence-corrected chi connectivity index (χ4v) is 3.25. The molecule has 0 fully saturated rings. The number of nitrogens with one attached hydrogen (secondary N) is 1. The highest BCUT2D eigenvalue weighted by molar-refractivity contribution is 5.58. The Morgan fingerprint density at radius 3 is 2.54 bits per heavy atom. The van der Waals surface area contributed by atoms with Crippen molar-refractivity contribution in [3.05, 3.63) is 76.5 Å². The van der Waals surface area contributed by atoms with E-state index in [2.05, 4.69) is 4.98 Å². The Balaban J connectivity index is 2.08. The Labute approximate surface area is 154 Å². The molecular weight excluding hydrogens is 383 g/mol. The first-order chi connectivity index (χ1) is 13.2. The Bertz CT molecular complexity index is 1160. The second kappa shape index (κ2) is 6.04. The molecule has 0 amide bonds. The van der Waals surface area contributed by atoms with Gasteiger partial charge in [0.05, 0.1) is 5.56 Å². The molecule has 0 spiro atoms. The molecule has 0 bridgehead atoms. The van der Waals surface area contributed by atoms with Gasteiger partial charge < -0.3 is 10.5 Å². The molecule has 1 unspecified atom stereocenters. The summed E-state index contributed by atoms with van der Waals surface area (Å²) in [6.45, 7) is 0. The van der Waals surface area contributed by atoms with Crippen molar-refractivity contribution in [2.75, 3.05) is 5.73 Å². The molecule has 0 saturated heterocycles. The predicted molar refractivity (Wildman–Crippen MR) is 87.6 cm³/mol. The van der Waals surface area contributed by atoms with E-state index in [1.807, 2.05) is 0 Å². The minimum absolute atomic E-state index is 0.199. The highest BCUT2D eigenvalue weighted by Gasteiger charge is 2.39. The van der Waals surface area contributed by atoms with Crippen LogP contribution in [0.2, 0.25) is 0 Å². The van der Waals surface area contributed by atoms with Gasteiger partial charge in [-0.25, -0.2) is 18.3 Å². The molecule has 5 nitrogen and oxygen atoms in total. The number of rotatable bonds is 1. The molecule has 1 aliphatic heterocycles. The average Bonchev–Trinajstić information content (AvgIpc) is 2.59. The molecule has 10 heteroatoms. The summed E-state index contributed by atoms with van der Waals surface area (Å²) in [5.41, 5.74) is 4.89. The lowest BCUT2D eigenvalue weighted by Crippen LogP contribution is -2.36. The van der Waals surface area contributed by atoms with Gasteiger partial charge in [-0.3, -0.25) is 5.41 Å². The number of alkyl halides is 3. The summed E-state index contributed by atoms with van der Waals surface area (Å²) in [6, 6.07) is 7.57. The molecule has 0 radical (unpaired) electrons. The zero-order valence-corrected chi connectivity index (χ0v) is 13.9. The summed E-state index contributed by atoms with van der Waals surface area (Å²) in [5.74, 6) is -3.70. The molecule has 2 heterocycles. The van der Waals surface area contributed by atoms with Gasteiger partial charge in [-0.2, -0.15) is 0 Å². The van der Waals surface area contributed by atoms with E-state index in [4.69, 9.17) is 15.9 Å². The molecular formula is C18H11F5N4O. The zero-order chi connectivity index (χ0) is 20.2. The van der Waals surface area contributed by atoms with Crippen LogP contribution >= 0.6 is 0 Å². The number of hydrogen-bond donors (Lipinski definition) is 2. The Hall–Kier alpha value is -3.43. The van der Waals surface area contributed by atoms with Gasteiger partial charge in [0.1, 0.15) is 29.2 Å². The number of anilines is 1. The van der Waals surface area contributed by atoms with E-state index in [9.17, 15) is 22.0 Å². The fourth-order valence-electron chi connectivity index (χ4n) is 3.25. The van der Waals surface area contributed by atoms with Crippen LogP contribution in [-0.2, 0) is 6.30 Å². The molecule has 144 valence electrons. The number of nitrogens with zero attached hydrogens (tertiary/aromatic N) is 2. The molecule has 3 N–H and O–H groups in total. The molecule has 1 atom stereocenters. The van der Waals surface area contributed by atoms with Crippen molar-refractivity contribution >= 4 is 5.69 Å². The van der Waals surface area contributed by atoms with Crippen molar-refractivity contribution in [3.63, 3.8) is 0 Å². The van der Waals surface area contributed by atoms with Crippen LogP contribution in [0.25, 0.3) is 0 Å². The van der Waals surface area contributed by atoms with Crippen molar-refractivity contribution in [1.29, 1.82) is 5.41 Å². The monoisotopic (exact) mass is 394 g/mol. The van der Waals surface area contributed by atoms with E-state index in [1.54, 1.807) is 12.1 Å². The normalized spacial score (nSPS) is 15.5. The van der Waals surface area contributed by atoms with Gasteiger partial charge in [0.25, 0.3) is 0 Å². The third kappa shape index (κ3) is 2.77. The van der Waals surface area contributed by atoms with Crippen molar-refractivity contribution in [1.82, 2.24) is 9.55 Å². The maximum Gasteiger partial charge on any atom is 0.491 e. The molecule has 28 heavy (non-hydrogen) atoms. The molecule has 3 aromatic rings. The zero-order valence-electron chi connectivity index (χ0n) is 13.9. The minimum Gasteiger partial charge on any atom is -0.438 e. The lowest BCUT2D eigenvalue weighted by Gasteiger charge is -2.29. The maximum atomic E-state index is 14.7. The first-order valence-electron chi connectivity index (χ1n) is 7.92. The molecule has 1 aromatic heterocycles. The number of fused-ring (bicyclic) bond motifs is 2. The van der Waals surface area contributed by atoms with E-state index in [1.165, 1.54) is 12.1 Å². The smallest absolute Gasteiger partial charge is 0.438 e. The summed E-state index contributed by atoms with van der Waals surface area (Å²) in [6.07, 6.45) is -4.53. The third-order valence-corrected chi connectivity index (χ3v) is 4.37. The number of nitrogen functional groups attached to an aromatic ring is 1. The van der Waals surface area contributed by atoms with Gasteiger partial charge in [0, 0.05) is 29.3 Å². The van der Waals surface area contributed by atoms with Gasteiger partial charge in [-0.15, -0.1) is 13.2 Å². The van der Waals surface area contributed by atoms with Crippen LogP contribution < -0.4 is 16.0 Å². The van der Waals surface area contributed by atoms with Crippen molar-refractivity contribution in [2.45, 2.75) is 12.2 Å². The predicted octanol–water partition coefficient (Wildman–Crippen LogP) is 3.99. The SMILES string of the molecule is N=c1c2c(ncn1C(F)(F)F)Oc1cc(F)cc(F)c1C2c1cccc(N)c1. The first kappa shape index (κ1) is 18.0. The fraction of sp³-hybridized carbons (Fsp3) is 0.111. The number of nitrogens with two attached hydrogens (primary N) is 1. The van der Waals surface area contributed by atoms with E-state index in [0.717, 1.165) is 6.07 Å². The van der Waals surface area contributed by atoms with E-state index >= 15 is 0 Å². The van der Waals surface area contributed by atoms with Crippen LogP contribution in [0.4, 0.5) is 27.6 Å². The summed E-state index contributed by atoms with van der Waals surface area (Å²) < 4.78 is 73.2. The lowest BCUT2D eigenvalue weighted by atomic mass is 9.83. The topological polar surface area (TPSA) is 76.9 Å². The number of hydrogen-bond acceptors (Lipinski definition) is 4. The third-order valence-electron chi connectivity index (χ3n) is 4.37. The summed E-state index contributed by atoms with van der Waals surface area (Å²) in [4.78, 5) is 3.63. The number of aromatic nitrogens is 2. The molecule has 4 rings (SSSR count). The Morgan fingerprint density at radius 2 is 1.86 bits per heavy atom. The van der Waals surface area contributed by atoms with Crippen LogP contribution in [0.3, 0.4) is 0 Å². The Morgan fingerprint density at radius 1 is 1.11 bits per heavy atom. The number of ether oxygens (including phenoxy) is 1. The Kier molecular flexibility index (Phi) is 3.88. The van der Waals surface area contributed by atoms with Crippen LogP contribution in [0, 0.1) is 17.0 Å². The van der Waals surface area contributed by atoms with Crippen LogP contribution in [0.1, 0.15) is 22.6 Å². The van der Waals surface area contributed by atoms with Crippen LogP contribution in [0.5, 0.6) is 11.6 Å². The van der Waals surface area contributed by atoms with Gasteiger partial charge >= 0.3 is 6.30 Å². The highest BCUT2D eigenvalue weighted by Crippen LogP contribution is 2.46. The second-order valence-electron chi connectivity index (χ2n) is 6.15. The van der Waals surface area contributed by atoms with Gasteiger partial charge in [-0.1, -0.05) is 12.1 Å². The molecule has 0 aliphatic carbocycles. The summed E-state index contributed by atoms with van der Waals surface area (Å²) in [5, 5.41) is 8.06. The standard InChI is InChI=1S/C18H11F5N4O/c19-9-5-11(20)14-12(6-9)28-17-15(13(14)8-2-1-3-10(24)4-8)16(25)27(7-26-17)18(21,22)23/h1-7,13,25H,24H2. The quantitative estimate of drug-likeness (QED) is 0.379. The maximum absolute atomic E-state index is 14.7. The second-order valence-corrected chi connectivity index (χ2v) is 6.15. The molecule has 1 aliphatic rings. The minimum atomic E-state index is -4.92. The molecule has 2 aromatic carbocycles. The van der Waals surface area contributed by atoms with Crippen LogP contribution in [0.15, 0.2) is 42.7 Å². The first-order valence-corrected chi connectivity index (χ1v) is 7.92. The summed E-state index contributed by atoms with van der Waals surface area (Å²) >= 11 is 0. The van der Waals surface area contributed by atoms with E-state index in [-0.39, 0.29) is 33.0 Å². The number of benzene rings is 2. The van der Waals surface area contributed by atoms with Crippen molar-refractivity contribution < 1.29 is 26.7 Å². The van der Waals surface area contributed by atoms with E-state index in [0.29, 0.717) is 18.0 Å². The number of halogens is 5.